The minimum absolute atomic E-state index is 0.147. The zero-order chi connectivity index (χ0) is 12.4. The Hall–Kier alpha value is -1.32. The van der Waals surface area contributed by atoms with Crippen molar-refractivity contribution in [2.75, 3.05) is 13.2 Å². The lowest BCUT2D eigenvalue weighted by atomic mass is 9.83. The second-order valence-corrected chi connectivity index (χ2v) is 4.50. The quantitative estimate of drug-likeness (QED) is 0.551. The van der Waals surface area contributed by atoms with E-state index in [4.69, 9.17) is 9.47 Å². The molecule has 0 radical (unpaired) electrons. The lowest BCUT2D eigenvalue weighted by Crippen LogP contribution is -2.35. The van der Waals surface area contributed by atoms with Crippen molar-refractivity contribution >= 4 is 11.9 Å². The second-order valence-electron chi connectivity index (χ2n) is 4.50. The van der Waals surface area contributed by atoms with Crippen molar-refractivity contribution in [2.24, 2.45) is 23.7 Å². The van der Waals surface area contributed by atoms with Gasteiger partial charge < -0.3 is 9.47 Å². The number of fused-ring (bicyclic) bond motifs is 2. The number of hydrogen-bond acceptors (Lipinski definition) is 4. The highest BCUT2D eigenvalue weighted by molar-refractivity contribution is 5.84. The van der Waals surface area contributed by atoms with Crippen LogP contribution in [0.5, 0.6) is 0 Å². The summed E-state index contributed by atoms with van der Waals surface area (Å²) in [7, 11) is 0. The number of carbonyl (C=O) groups excluding carboxylic acids is 2. The summed E-state index contributed by atoms with van der Waals surface area (Å²) in [5.41, 5.74) is 0. The van der Waals surface area contributed by atoms with Crippen LogP contribution < -0.4 is 0 Å². The van der Waals surface area contributed by atoms with E-state index in [0.29, 0.717) is 13.2 Å². The molecule has 0 unspecified atom stereocenters. The Bertz CT molecular complexity index is 315. The van der Waals surface area contributed by atoms with Crippen molar-refractivity contribution in [3.63, 3.8) is 0 Å². The number of carbonyl (C=O) groups is 2. The van der Waals surface area contributed by atoms with Crippen molar-refractivity contribution in [3.8, 4) is 0 Å². The summed E-state index contributed by atoms with van der Waals surface area (Å²) >= 11 is 0. The second kappa shape index (κ2) is 4.90. The molecule has 2 bridgehead atoms. The molecule has 4 heteroatoms. The van der Waals surface area contributed by atoms with Crippen molar-refractivity contribution in [3.05, 3.63) is 12.2 Å². The molecule has 0 amide bonds. The van der Waals surface area contributed by atoms with Crippen molar-refractivity contribution in [1.29, 1.82) is 0 Å². The number of ether oxygens (including phenoxy) is 2. The third-order valence-electron chi connectivity index (χ3n) is 3.58. The third kappa shape index (κ3) is 2.08. The molecule has 2 aliphatic carbocycles. The molecule has 0 aromatic carbocycles. The van der Waals surface area contributed by atoms with Gasteiger partial charge in [0.25, 0.3) is 0 Å². The Labute approximate surface area is 101 Å². The molecule has 0 spiro atoms. The fourth-order valence-corrected chi connectivity index (χ4v) is 2.94. The van der Waals surface area contributed by atoms with Gasteiger partial charge in [-0.05, 0) is 32.1 Å². The summed E-state index contributed by atoms with van der Waals surface area (Å²) in [6.07, 6.45) is 4.93. The first-order chi connectivity index (χ1) is 8.19. The molecule has 1 saturated carbocycles. The van der Waals surface area contributed by atoms with Crippen LogP contribution in [0.25, 0.3) is 0 Å². The van der Waals surface area contributed by atoms with Gasteiger partial charge in [0, 0.05) is 0 Å². The highest BCUT2D eigenvalue weighted by atomic mass is 16.5. The fraction of sp³-hybridized carbons (Fsp3) is 0.692. The average molecular weight is 238 g/mol. The van der Waals surface area contributed by atoms with Gasteiger partial charge in [0.1, 0.15) is 0 Å². The molecule has 0 heterocycles. The lowest BCUT2D eigenvalue weighted by Gasteiger charge is -2.24. The molecule has 0 aliphatic heterocycles. The van der Waals surface area contributed by atoms with Crippen LogP contribution in [0.1, 0.15) is 20.3 Å². The van der Waals surface area contributed by atoms with Gasteiger partial charge in [-0.15, -0.1) is 0 Å². The Morgan fingerprint density at radius 3 is 1.76 bits per heavy atom. The fourth-order valence-electron chi connectivity index (χ4n) is 2.94. The highest BCUT2D eigenvalue weighted by Crippen LogP contribution is 2.48. The van der Waals surface area contributed by atoms with E-state index >= 15 is 0 Å². The van der Waals surface area contributed by atoms with Gasteiger partial charge in [-0.25, -0.2) is 0 Å². The van der Waals surface area contributed by atoms with Gasteiger partial charge in [0.15, 0.2) is 0 Å². The molecule has 0 saturated heterocycles. The van der Waals surface area contributed by atoms with E-state index in [-0.39, 0.29) is 35.6 Å². The number of allylic oxidation sites excluding steroid dienone is 2. The largest absolute Gasteiger partial charge is 0.466 e. The molecular formula is C13H18O4. The van der Waals surface area contributed by atoms with Crippen molar-refractivity contribution in [1.82, 2.24) is 0 Å². The van der Waals surface area contributed by atoms with Crippen molar-refractivity contribution < 1.29 is 19.1 Å². The van der Waals surface area contributed by atoms with E-state index in [1.165, 1.54) is 0 Å². The molecule has 2 rings (SSSR count). The third-order valence-corrected chi connectivity index (χ3v) is 3.58. The SMILES string of the molecule is CCOC(=O)[C@H]1[C@H](C(=O)OCC)[C@H]2C=C[C@H]1C2. The Balaban J connectivity index is 2.14. The van der Waals surface area contributed by atoms with E-state index < -0.39 is 0 Å². The zero-order valence-corrected chi connectivity index (χ0v) is 10.2. The maximum absolute atomic E-state index is 11.9. The van der Waals surface area contributed by atoms with Gasteiger partial charge in [-0.3, -0.25) is 9.59 Å². The van der Waals surface area contributed by atoms with Crippen molar-refractivity contribution in [2.45, 2.75) is 20.3 Å². The standard InChI is InChI=1S/C13H18O4/c1-3-16-12(14)10-8-5-6-9(7-8)11(10)13(15)17-4-2/h5-6,8-11H,3-4,7H2,1-2H3/t8-,9-,10+,11+/m0/s1. The zero-order valence-electron chi connectivity index (χ0n) is 10.2. The minimum atomic E-state index is -0.344. The summed E-state index contributed by atoms with van der Waals surface area (Å²) in [6.45, 7) is 4.26. The van der Waals surface area contributed by atoms with Crippen LogP contribution in [0.2, 0.25) is 0 Å². The van der Waals surface area contributed by atoms with Crippen LogP contribution in [0.4, 0.5) is 0 Å². The number of hydrogen-bond donors (Lipinski definition) is 0. The molecule has 2 aliphatic rings. The summed E-state index contributed by atoms with van der Waals surface area (Å²) in [5.74, 6) is -0.917. The monoisotopic (exact) mass is 238 g/mol. The summed E-state index contributed by atoms with van der Waals surface area (Å²) in [4.78, 5) is 23.8. The van der Waals surface area contributed by atoms with Gasteiger partial charge >= 0.3 is 11.9 Å². The van der Waals surface area contributed by atoms with E-state index in [2.05, 4.69) is 0 Å². The van der Waals surface area contributed by atoms with E-state index in [9.17, 15) is 9.59 Å². The predicted molar refractivity (Wildman–Crippen MR) is 61.0 cm³/mol. The number of rotatable bonds is 4. The smallest absolute Gasteiger partial charge is 0.310 e. The maximum atomic E-state index is 11.9. The van der Waals surface area contributed by atoms with Gasteiger partial charge in [0.05, 0.1) is 25.0 Å². The minimum Gasteiger partial charge on any atom is -0.466 e. The first-order valence-electron chi connectivity index (χ1n) is 6.20. The molecule has 17 heavy (non-hydrogen) atoms. The predicted octanol–water partition coefficient (Wildman–Crippen LogP) is 1.55. The van der Waals surface area contributed by atoms with E-state index in [0.717, 1.165) is 6.42 Å². The molecule has 4 atom stereocenters. The molecule has 0 aromatic heterocycles. The van der Waals surface area contributed by atoms with E-state index in [1.807, 2.05) is 12.2 Å². The molecule has 94 valence electrons. The molecular weight excluding hydrogens is 220 g/mol. The Kier molecular flexibility index (Phi) is 3.50. The molecule has 0 aromatic rings. The average Bonchev–Trinajstić information content (AvgIpc) is 2.89. The van der Waals surface area contributed by atoms with Crippen LogP contribution in [0, 0.1) is 23.7 Å². The van der Waals surface area contributed by atoms with Gasteiger partial charge in [-0.1, -0.05) is 12.2 Å². The van der Waals surface area contributed by atoms with E-state index in [1.54, 1.807) is 13.8 Å². The summed E-state index contributed by atoms with van der Waals surface area (Å²) < 4.78 is 10.1. The maximum Gasteiger partial charge on any atom is 0.310 e. The summed E-state index contributed by atoms with van der Waals surface area (Å²) in [6, 6.07) is 0. The van der Waals surface area contributed by atoms with Gasteiger partial charge in [-0.2, -0.15) is 0 Å². The molecule has 0 N–H and O–H groups in total. The Morgan fingerprint density at radius 1 is 1.00 bits per heavy atom. The van der Waals surface area contributed by atoms with Crippen LogP contribution in [-0.4, -0.2) is 25.2 Å². The number of esters is 2. The van der Waals surface area contributed by atoms with Gasteiger partial charge in [0.2, 0.25) is 0 Å². The van der Waals surface area contributed by atoms with Crippen LogP contribution in [-0.2, 0) is 19.1 Å². The first kappa shape index (κ1) is 12.1. The molecule has 4 nitrogen and oxygen atoms in total. The van der Waals surface area contributed by atoms with Crippen LogP contribution in [0.3, 0.4) is 0 Å². The topological polar surface area (TPSA) is 52.6 Å². The lowest BCUT2D eigenvalue weighted by molar-refractivity contribution is -0.160. The first-order valence-corrected chi connectivity index (χ1v) is 6.20. The Morgan fingerprint density at radius 2 is 1.41 bits per heavy atom. The van der Waals surface area contributed by atoms with Crippen LogP contribution in [0.15, 0.2) is 12.2 Å². The molecule has 1 fully saturated rings. The van der Waals surface area contributed by atoms with Crippen LogP contribution >= 0.6 is 0 Å². The normalized spacial score (nSPS) is 33.8. The summed E-state index contributed by atoms with van der Waals surface area (Å²) in [5, 5.41) is 0. The highest BCUT2D eigenvalue weighted by Gasteiger charge is 2.52.